The van der Waals surface area contributed by atoms with E-state index in [0.717, 1.165) is 35.7 Å². The van der Waals surface area contributed by atoms with Crippen molar-refractivity contribution in [3.8, 4) is 17.2 Å². The number of pyridine rings is 1. The summed E-state index contributed by atoms with van der Waals surface area (Å²) in [5.41, 5.74) is 5.00. The van der Waals surface area contributed by atoms with Gasteiger partial charge in [-0.2, -0.15) is 5.26 Å². The maximum atomic E-state index is 12.2. The molecule has 1 N–H and O–H groups in total. The number of benzene rings is 2. The van der Waals surface area contributed by atoms with Crippen LogP contribution in [0.5, 0.6) is 0 Å². The number of carboxylic acids is 1. The third kappa shape index (κ3) is 5.33. The van der Waals surface area contributed by atoms with Gasteiger partial charge in [-0.15, -0.1) is 0 Å². The zero-order chi connectivity index (χ0) is 23.9. The van der Waals surface area contributed by atoms with Gasteiger partial charge in [0.1, 0.15) is 16.3 Å². The molecule has 4 rings (SSSR count). The molecule has 0 fully saturated rings. The number of carboxylic acid groups (broad SMARTS) is 1. The van der Waals surface area contributed by atoms with Crippen molar-refractivity contribution in [2.24, 2.45) is 4.99 Å². The Balaban J connectivity index is 1.89. The molecule has 0 saturated heterocycles. The van der Waals surface area contributed by atoms with E-state index in [1.165, 1.54) is 0 Å². The van der Waals surface area contributed by atoms with Crippen molar-refractivity contribution in [2.45, 2.75) is 30.0 Å². The average Bonchev–Trinajstić information content (AvgIpc) is 2.82. The highest BCUT2D eigenvalue weighted by Crippen LogP contribution is 2.40. The Kier molecular flexibility index (Phi) is 7.36. The first-order chi connectivity index (χ1) is 16.6. The van der Waals surface area contributed by atoms with Crippen LogP contribution in [-0.4, -0.2) is 22.3 Å². The molecule has 0 aliphatic carbocycles. The summed E-state index contributed by atoms with van der Waals surface area (Å²) in [5, 5.41) is 19.6. The fourth-order valence-electron chi connectivity index (χ4n) is 3.63. The smallest absolute Gasteiger partial charge is 0.321 e. The van der Waals surface area contributed by atoms with Gasteiger partial charge in [0.25, 0.3) is 0 Å². The molecule has 1 aliphatic heterocycles. The number of nitriles is 1. The highest BCUT2D eigenvalue weighted by atomic mass is 32.2. The average molecular weight is 466 g/mol. The summed E-state index contributed by atoms with van der Waals surface area (Å²) in [6.07, 6.45) is 9.42. The van der Waals surface area contributed by atoms with Crippen LogP contribution in [-0.2, 0) is 4.79 Å². The summed E-state index contributed by atoms with van der Waals surface area (Å²) < 4.78 is 0. The van der Waals surface area contributed by atoms with Gasteiger partial charge in [0.15, 0.2) is 0 Å². The van der Waals surface area contributed by atoms with Gasteiger partial charge in [-0.1, -0.05) is 84.1 Å². The first kappa shape index (κ1) is 23.2. The van der Waals surface area contributed by atoms with E-state index < -0.39 is 11.2 Å². The number of allylic oxidation sites excluding steroid dienone is 3. The van der Waals surface area contributed by atoms with Crippen LogP contribution in [0, 0.1) is 18.3 Å². The zero-order valence-electron chi connectivity index (χ0n) is 18.7. The molecule has 1 aromatic heterocycles. The Hall–Kier alpha value is -3.95. The van der Waals surface area contributed by atoms with Gasteiger partial charge in [-0.25, -0.2) is 4.98 Å². The van der Waals surface area contributed by atoms with E-state index >= 15 is 0 Å². The van der Waals surface area contributed by atoms with Gasteiger partial charge >= 0.3 is 5.97 Å². The lowest BCUT2D eigenvalue weighted by Gasteiger charge is -2.16. The molecule has 0 amide bonds. The van der Waals surface area contributed by atoms with E-state index in [-0.39, 0.29) is 0 Å². The zero-order valence-corrected chi connectivity index (χ0v) is 19.5. The van der Waals surface area contributed by atoms with Gasteiger partial charge in [0, 0.05) is 11.8 Å². The molecular formula is C28H23N3O2S. The molecule has 2 aromatic carbocycles. The lowest BCUT2D eigenvalue weighted by atomic mass is 9.99. The van der Waals surface area contributed by atoms with E-state index in [0.29, 0.717) is 33.1 Å². The molecule has 1 aliphatic rings. The molecule has 5 nitrogen and oxygen atoms in total. The fraction of sp³-hybridized carbons (Fsp3) is 0.143. The quantitative estimate of drug-likeness (QED) is 0.414. The Morgan fingerprint density at radius 3 is 2.59 bits per heavy atom. The fourth-order valence-corrected chi connectivity index (χ4v) is 4.67. The van der Waals surface area contributed by atoms with Gasteiger partial charge in [0.05, 0.1) is 17.0 Å². The van der Waals surface area contributed by atoms with Crippen molar-refractivity contribution < 1.29 is 9.90 Å². The van der Waals surface area contributed by atoms with Crippen LogP contribution in [0.1, 0.15) is 40.5 Å². The highest BCUT2D eigenvalue weighted by Gasteiger charge is 2.25. The highest BCUT2D eigenvalue weighted by molar-refractivity contribution is 8.00. The number of hydrogen-bond donors (Lipinski definition) is 1. The number of thioether (sulfide) groups is 1. The van der Waals surface area contributed by atoms with Crippen LogP contribution in [0.2, 0.25) is 0 Å². The van der Waals surface area contributed by atoms with Crippen molar-refractivity contribution in [3.63, 3.8) is 0 Å². The number of rotatable bonds is 6. The van der Waals surface area contributed by atoms with Crippen molar-refractivity contribution in [1.82, 2.24) is 4.98 Å². The molecule has 1 unspecified atom stereocenters. The number of aromatic nitrogens is 1. The first-order valence-electron chi connectivity index (χ1n) is 10.9. The van der Waals surface area contributed by atoms with Gasteiger partial charge < -0.3 is 5.11 Å². The number of carbonyl (C=O) groups is 1. The van der Waals surface area contributed by atoms with Crippen LogP contribution in [0.4, 0.5) is 0 Å². The molecule has 3 aromatic rings. The summed E-state index contributed by atoms with van der Waals surface area (Å²) in [4.78, 5) is 21.5. The molecular weight excluding hydrogens is 442 g/mol. The van der Waals surface area contributed by atoms with Crippen molar-refractivity contribution in [1.29, 1.82) is 5.26 Å². The Morgan fingerprint density at radius 2 is 1.88 bits per heavy atom. The van der Waals surface area contributed by atoms with E-state index in [4.69, 9.17) is 4.98 Å². The third-order valence-electron chi connectivity index (χ3n) is 5.39. The van der Waals surface area contributed by atoms with Crippen LogP contribution in [0.15, 0.2) is 88.9 Å². The monoisotopic (exact) mass is 465 g/mol. The topological polar surface area (TPSA) is 86.3 Å². The van der Waals surface area contributed by atoms with Crippen molar-refractivity contribution in [3.05, 3.63) is 101 Å². The van der Waals surface area contributed by atoms with Crippen LogP contribution in [0.25, 0.3) is 16.8 Å². The minimum Gasteiger partial charge on any atom is -0.480 e. The molecule has 6 heteroatoms. The summed E-state index contributed by atoms with van der Waals surface area (Å²) in [6, 6.07) is 21.1. The molecule has 0 spiro atoms. The van der Waals surface area contributed by atoms with Crippen LogP contribution < -0.4 is 0 Å². The molecule has 0 bridgehead atoms. The Labute approximate surface area is 203 Å². The molecule has 2 heterocycles. The van der Waals surface area contributed by atoms with Gasteiger partial charge in [-0.3, -0.25) is 9.79 Å². The van der Waals surface area contributed by atoms with E-state index in [9.17, 15) is 15.2 Å². The second-order valence-corrected chi connectivity index (χ2v) is 8.93. The SMILES string of the molecule is Cc1ccc(-c2cc(C3=C\CC\C=C/C=N/3)nc(SC(C(=O)O)c3ccccc3)c2C#N)cc1. The summed E-state index contributed by atoms with van der Waals surface area (Å²) in [7, 11) is 0. The summed E-state index contributed by atoms with van der Waals surface area (Å²) in [6.45, 7) is 2.01. The number of nitrogens with zero attached hydrogens (tertiary/aromatic N) is 3. The lowest BCUT2D eigenvalue weighted by molar-refractivity contribution is -0.136. The second-order valence-electron chi connectivity index (χ2n) is 7.83. The lowest BCUT2D eigenvalue weighted by Crippen LogP contribution is -2.09. The van der Waals surface area contributed by atoms with Gasteiger partial charge in [-0.05, 0) is 43.0 Å². The predicted octanol–water partition coefficient (Wildman–Crippen LogP) is 6.61. The second kappa shape index (κ2) is 10.8. The van der Waals surface area contributed by atoms with E-state index in [1.54, 1.807) is 30.5 Å². The number of aliphatic imine (C=N–C) groups is 1. The molecule has 168 valence electrons. The summed E-state index contributed by atoms with van der Waals surface area (Å²) in [5.74, 6) is -0.988. The molecule has 34 heavy (non-hydrogen) atoms. The predicted molar refractivity (Wildman–Crippen MR) is 137 cm³/mol. The normalized spacial score (nSPS) is 17.4. The third-order valence-corrected chi connectivity index (χ3v) is 6.61. The standard InChI is InChI=1S/C28H23N3O2S/c1-19-12-14-20(15-13-19)22-17-25(24-11-7-2-3-8-16-30-24)31-27(23(22)18-29)34-26(28(32)33)21-9-5-4-6-10-21/h3-6,8-17,26H,2,7H2,1H3,(H,32,33)/b8-3-,24-11-,30-16+. The minimum absolute atomic E-state index is 0.357. The number of hydrogen-bond acceptors (Lipinski definition) is 5. The maximum absolute atomic E-state index is 12.2. The first-order valence-corrected chi connectivity index (χ1v) is 11.8. The minimum atomic E-state index is -0.988. The summed E-state index contributed by atoms with van der Waals surface area (Å²) >= 11 is 1.07. The Bertz CT molecular complexity index is 1320. The Morgan fingerprint density at radius 1 is 1.12 bits per heavy atom. The van der Waals surface area contributed by atoms with Crippen molar-refractivity contribution >= 4 is 29.6 Å². The van der Waals surface area contributed by atoms with Gasteiger partial charge in [0.2, 0.25) is 0 Å². The maximum Gasteiger partial charge on any atom is 0.321 e. The van der Waals surface area contributed by atoms with Crippen LogP contribution >= 0.6 is 11.8 Å². The largest absolute Gasteiger partial charge is 0.480 e. The molecule has 0 radical (unpaired) electrons. The number of aliphatic carboxylic acids is 1. The van der Waals surface area contributed by atoms with Crippen LogP contribution in [0.3, 0.4) is 0 Å². The molecule has 1 atom stereocenters. The number of aryl methyl sites for hydroxylation is 1. The van der Waals surface area contributed by atoms with E-state index in [2.05, 4.69) is 17.1 Å². The van der Waals surface area contributed by atoms with Crippen molar-refractivity contribution in [2.75, 3.05) is 0 Å². The molecule has 0 saturated carbocycles. The van der Waals surface area contributed by atoms with E-state index in [1.807, 2.05) is 55.5 Å².